The molecule has 0 radical (unpaired) electrons. The fraction of sp³-hybridized carbons (Fsp3) is 0.154. The summed E-state index contributed by atoms with van der Waals surface area (Å²) in [7, 11) is 0. The molecule has 0 atom stereocenters. The largest absolute Gasteiger partial charge is 0.463 e. The average Bonchev–Trinajstić information content (AvgIpc) is 2.84. The highest BCUT2D eigenvalue weighted by molar-refractivity contribution is 6.35. The van der Waals surface area contributed by atoms with Gasteiger partial charge in [0.05, 0.1) is 6.61 Å². The van der Waals surface area contributed by atoms with E-state index in [1.165, 1.54) is 12.2 Å². The summed E-state index contributed by atoms with van der Waals surface area (Å²) in [6.07, 6.45) is 2.73. The van der Waals surface area contributed by atoms with Crippen LogP contribution in [0.1, 0.15) is 12.7 Å². The molecule has 0 spiro atoms. The first-order valence-corrected chi connectivity index (χ1v) is 6.58. The Bertz CT molecular complexity index is 633. The van der Waals surface area contributed by atoms with Gasteiger partial charge in [-0.15, -0.1) is 0 Å². The molecule has 104 valence electrons. The third-order valence-corrected chi connectivity index (χ3v) is 2.73. The molecule has 0 bridgehead atoms. The van der Waals surface area contributed by atoms with E-state index in [2.05, 4.69) is 15.2 Å². The Balaban J connectivity index is 2.18. The van der Waals surface area contributed by atoms with Crippen LogP contribution in [0, 0.1) is 0 Å². The summed E-state index contributed by atoms with van der Waals surface area (Å²) in [4.78, 5) is 15.4. The Labute approximate surface area is 125 Å². The highest BCUT2D eigenvalue weighted by atomic mass is 35.5. The Kier molecular flexibility index (Phi) is 4.76. The van der Waals surface area contributed by atoms with Crippen LogP contribution >= 0.6 is 23.2 Å². The zero-order valence-corrected chi connectivity index (χ0v) is 12.1. The van der Waals surface area contributed by atoms with E-state index in [0.717, 1.165) is 0 Å². The van der Waals surface area contributed by atoms with Crippen LogP contribution < -0.4 is 0 Å². The van der Waals surface area contributed by atoms with E-state index in [0.29, 0.717) is 33.9 Å². The van der Waals surface area contributed by atoms with E-state index in [9.17, 15) is 4.79 Å². The Morgan fingerprint density at radius 3 is 2.70 bits per heavy atom. The van der Waals surface area contributed by atoms with Gasteiger partial charge in [-0.05, 0) is 31.2 Å². The van der Waals surface area contributed by atoms with Crippen LogP contribution in [0.5, 0.6) is 0 Å². The number of nitrogens with one attached hydrogen (secondary N) is 1. The van der Waals surface area contributed by atoms with Crippen LogP contribution in [0.2, 0.25) is 10.0 Å². The first kappa shape index (κ1) is 14.6. The average molecular weight is 312 g/mol. The maximum absolute atomic E-state index is 11.2. The van der Waals surface area contributed by atoms with Gasteiger partial charge in [0, 0.05) is 21.7 Å². The summed E-state index contributed by atoms with van der Waals surface area (Å²) < 4.78 is 4.76. The lowest BCUT2D eigenvalue weighted by Gasteiger charge is -1.98. The van der Waals surface area contributed by atoms with E-state index in [1.54, 1.807) is 25.1 Å². The molecule has 5 nitrogen and oxygen atoms in total. The number of hydrogen-bond acceptors (Lipinski definition) is 4. The summed E-state index contributed by atoms with van der Waals surface area (Å²) in [6.45, 7) is 2.06. The molecular formula is C13H11Cl2N3O2. The Morgan fingerprint density at radius 2 is 2.05 bits per heavy atom. The third-order valence-electron chi connectivity index (χ3n) is 2.29. The maximum atomic E-state index is 11.2. The van der Waals surface area contributed by atoms with Gasteiger partial charge < -0.3 is 4.74 Å². The van der Waals surface area contributed by atoms with Crippen LogP contribution in [-0.2, 0) is 9.53 Å². The minimum Gasteiger partial charge on any atom is -0.463 e. The minimum atomic E-state index is -0.440. The molecule has 2 aromatic rings. The lowest BCUT2D eigenvalue weighted by atomic mass is 10.2. The molecule has 0 unspecified atom stereocenters. The molecule has 0 aliphatic heterocycles. The third kappa shape index (κ3) is 3.82. The van der Waals surface area contributed by atoms with E-state index in [-0.39, 0.29) is 0 Å². The molecule has 1 aromatic carbocycles. The maximum Gasteiger partial charge on any atom is 0.330 e. The van der Waals surface area contributed by atoms with Gasteiger partial charge in [-0.25, -0.2) is 9.78 Å². The first-order chi connectivity index (χ1) is 9.58. The Morgan fingerprint density at radius 1 is 1.35 bits per heavy atom. The van der Waals surface area contributed by atoms with Crippen molar-refractivity contribution in [2.24, 2.45) is 0 Å². The second-order valence-corrected chi connectivity index (χ2v) is 4.66. The SMILES string of the molecule is CCOC(=O)/C=C\c1n[nH]c(-c2cc(Cl)cc(Cl)c2)n1. The van der Waals surface area contributed by atoms with Gasteiger partial charge in [-0.1, -0.05) is 23.2 Å². The fourth-order valence-electron chi connectivity index (χ4n) is 1.50. The number of benzene rings is 1. The van der Waals surface area contributed by atoms with Crippen molar-refractivity contribution in [3.63, 3.8) is 0 Å². The summed E-state index contributed by atoms with van der Waals surface area (Å²) in [5.41, 5.74) is 0.714. The summed E-state index contributed by atoms with van der Waals surface area (Å²) in [5, 5.41) is 7.73. The van der Waals surface area contributed by atoms with Crippen molar-refractivity contribution in [1.82, 2.24) is 15.2 Å². The summed E-state index contributed by atoms with van der Waals surface area (Å²) in [6, 6.07) is 5.06. The Hall–Kier alpha value is -1.85. The van der Waals surface area contributed by atoms with Crippen molar-refractivity contribution in [2.75, 3.05) is 6.61 Å². The van der Waals surface area contributed by atoms with Crippen molar-refractivity contribution in [3.8, 4) is 11.4 Å². The number of nitrogens with zero attached hydrogens (tertiary/aromatic N) is 2. The molecular weight excluding hydrogens is 301 g/mol. The molecule has 0 saturated carbocycles. The highest BCUT2D eigenvalue weighted by Crippen LogP contribution is 2.24. The molecule has 7 heteroatoms. The lowest BCUT2D eigenvalue weighted by Crippen LogP contribution is -1.98. The van der Waals surface area contributed by atoms with Crippen molar-refractivity contribution in [2.45, 2.75) is 6.92 Å². The van der Waals surface area contributed by atoms with Gasteiger partial charge >= 0.3 is 5.97 Å². The van der Waals surface area contributed by atoms with Crippen molar-refractivity contribution in [1.29, 1.82) is 0 Å². The smallest absolute Gasteiger partial charge is 0.330 e. The zero-order chi connectivity index (χ0) is 14.5. The van der Waals surface area contributed by atoms with Gasteiger partial charge in [-0.2, -0.15) is 5.10 Å². The number of H-pyrrole nitrogens is 1. The van der Waals surface area contributed by atoms with Crippen LogP contribution in [-0.4, -0.2) is 27.8 Å². The number of hydrogen-bond donors (Lipinski definition) is 1. The second kappa shape index (κ2) is 6.54. The number of rotatable bonds is 4. The second-order valence-electron chi connectivity index (χ2n) is 3.79. The van der Waals surface area contributed by atoms with E-state index in [1.807, 2.05) is 0 Å². The standard InChI is InChI=1S/C13H11Cl2N3O2/c1-2-20-12(19)4-3-11-16-13(18-17-11)8-5-9(14)7-10(15)6-8/h3-7H,2H2,1H3,(H,16,17,18)/b4-3-. The number of carbonyl (C=O) groups is 1. The topological polar surface area (TPSA) is 67.9 Å². The quantitative estimate of drug-likeness (QED) is 0.694. The number of esters is 1. The normalized spacial score (nSPS) is 10.9. The molecule has 0 saturated heterocycles. The fourth-order valence-corrected chi connectivity index (χ4v) is 2.03. The number of halogens is 2. The molecule has 0 aliphatic carbocycles. The van der Waals surface area contributed by atoms with Gasteiger partial charge in [0.1, 0.15) is 0 Å². The van der Waals surface area contributed by atoms with E-state index in [4.69, 9.17) is 27.9 Å². The van der Waals surface area contributed by atoms with E-state index >= 15 is 0 Å². The minimum absolute atomic E-state index is 0.323. The lowest BCUT2D eigenvalue weighted by molar-refractivity contribution is -0.137. The van der Waals surface area contributed by atoms with Crippen molar-refractivity contribution in [3.05, 3.63) is 40.1 Å². The predicted octanol–water partition coefficient (Wildman–Crippen LogP) is 3.35. The number of aromatic nitrogens is 3. The number of aromatic amines is 1. The van der Waals surface area contributed by atoms with Crippen LogP contribution in [0.3, 0.4) is 0 Å². The van der Waals surface area contributed by atoms with Crippen LogP contribution in [0.15, 0.2) is 24.3 Å². The molecule has 0 fully saturated rings. The van der Waals surface area contributed by atoms with Crippen molar-refractivity contribution < 1.29 is 9.53 Å². The van der Waals surface area contributed by atoms with Crippen LogP contribution in [0.4, 0.5) is 0 Å². The van der Waals surface area contributed by atoms with E-state index < -0.39 is 5.97 Å². The number of ether oxygens (including phenoxy) is 1. The van der Waals surface area contributed by atoms with Crippen molar-refractivity contribution >= 4 is 35.2 Å². The van der Waals surface area contributed by atoms with Gasteiger partial charge in [0.25, 0.3) is 0 Å². The molecule has 20 heavy (non-hydrogen) atoms. The van der Waals surface area contributed by atoms with Gasteiger partial charge in [-0.3, -0.25) is 5.10 Å². The summed E-state index contributed by atoms with van der Waals surface area (Å²) >= 11 is 11.8. The molecule has 1 aromatic heterocycles. The first-order valence-electron chi connectivity index (χ1n) is 5.82. The molecule has 0 amide bonds. The molecule has 1 heterocycles. The van der Waals surface area contributed by atoms with Gasteiger partial charge in [0.2, 0.25) is 0 Å². The molecule has 0 aliphatic rings. The number of carbonyl (C=O) groups excluding carboxylic acids is 1. The zero-order valence-electron chi connectivity index (χ0n) is 10.6. The van der Waals surface area contributed by atoms with Crippen LogP contribution in [0.25, 0.3) is 17.5 Å². The highest BCUT2D eigenvalue weighted by Gasteiger charge is 2.06. The predicted molar refractivity (Wildman–Crippen MR) is 77.5 cm³/mol. The monoisotopic (exact) mass is 311 g/mol. The molecule has 1 N–H and O–H groups in total. The van der Waals surface area contributed by atoms with Gasteiger partial charge in [0.15, 0.2) is 11.6 Å². The molecule has 2 rings (SSSR count). The summed E-state index contributed by atoms with van der Waals surface area (Å²) in [5.74, 6) is 0.437.